The topological polar surface area (TPSA) is 41.1 Å². The van der Waals surface area contributed by atoms with Crippen LogP contribution in [0.1, 0.15) is 22.8 Å². The second-order valence-electron chi connectivity index (χ2n) is 4.59. The smallest absolute Gasteiger partial charge is 0.175 e. The van der Waals surface area contributed by atoms with E-state index in [1.165, 1.54) is 0 Å². The van der Waals surface area contributed by atoms with E-state index >= 15 is 0 Å². The SMILES string of the molecule is CC(=O)c1cccc(NC(=S)Nc2cccc(C)c2)c1. The van der Waals surface area contributed by atoms with Gasteiger partial charge in [-0.15, -0.1) is 0 Å². The Labute approximate surface area is 124 Å². The van der Waals surface area contributed by atoms with Gasteiger partial charge in [-0.3, -0.25) is 4.79 Å². The van der Waals surface area contributed by atoms with Crippen LogP contribution >= 0.6 is 12.2 Å². The normalized spacial score (nSPS) is 9.90. The summed E-state index contributed by atoms with van der Waals surface area (Å²) in [6.07, 6.45) is 0. The minimum absolute atomic E-state index is 0.0335. The molecule has 0 aliphatic rings. The van der Waals surface area contributed by atoms with E-state index in [1.807, 2.05) is 43.3 Å². The number of benzene rings is 2. The van der Waals surface area contributed by atoms with Crippen LogP contribution in [0, 0.1) is 6.92 Å². The Morgan fingerprint density at radius 2 is 1.60 bits per heavy atom. The van der Waals surface area contributed by atoms with Gasteiger partial charge in [0.2, 0.25) is 0 Å². The minimum atomic E-state index is 0.0335. The van der Waals surface area contributed by atoms with Crippen LogP contribution < -0.4 is 10.6 Å². The largest absolute Gasteiger partial charge is 0.332 e. The molecule has 0 unspecified atom stereocenters. The Morgan fingerprint density at radius 1 is 1.00 bits per heavy atom. The number of anilines is 2. The number of aryl methyl sites for hydroxylation is 1. The highest BCUT2D eigenvalue weighted by Gasteiger charge is 2.02. The summed E-state index contributed by atoms with van der Waals surface area (Å²) in [6.45, 7) is 3.57. The Morgan fingerprint density at radius 3 is 2.20 bits per heavy atom. The van der Waals surface area contributed by atoms with E-state index in [9.17, 15) is 4.79 Å². The van der Waals surface area contributed by atoms with Crippen molar-refractivity contribution in [1.82, 2.24) is 0 Å². The molecule has 0 atom stereocenters. The molecule has 20 heavy (non-hydrogen) atoms. The van der Waals surface area contributed by atoms with Gasteiger partial charge in [-0.25, -0.2) is 0 Å². The van der Waals surface area contributed by atoms with Crippen LogP contribution in [0.2, 0.25) is 0 Å². The number of rotatable bonds is 3. The Hall–Kier alpha value is -2.20. The minimum Gasteiger partial charge on any atom is -0.332 e. The molecular formula is C16H16N2OS. The van der Waals surface area contributed by atoms with Gasteiger partial charge in [-0.1, -0.05) is 24.3 Å². The Kier molecular flexibility index (Phi) is 4.48. The first kappa shape index (κ1) is 14.2. The third-order valence-corrected chi connectivity index (χ3v) is 3.01. The van der Waals surface area contributed by atoms with Gasteiger partial charge in [0.25, 0.3) is 0 Å². The van der Waals surface area contributed by atoms with Crippen LogP contribution in [0.4, 0.5) is 11.4 Å². The molecule has 0 saturated carbocycles. The van der Waals surface area contributed by atoms with Crippen LogP contribution in [0.15, 0.2) is 48.5 Å². The van der Waals surface area contributed by atoms with Crippen LogP contribution in [0.25, 0.3) is 0 Å². The summed E-state index contributed by atoms with van der Waals surface area (Å²) in [5.74, 6) is 0.0335. The number of hydrogen-bond donors (Lipinski definition) is 2. The molecule has 2 aromatic carbocycles. The molecule has 3 nitrogen and oxygen atoms in total. The summed E-state index contributed by atoms with van der Waals surface area (Å²) in [6, 6.07) is 15.2. The molecule has 2 rings (SSSR count). The zero-order chi connectivity index (χ0) is 14.5. The second-order valence-corrected chi connectivity index (χ2v) is 4.99. The van der Waals surface area contributed by atoms with Crippen molar-refractivity contribution in [1.29, 1.82) is 0 Å². The average Bonchev–Trinajstić information content (AvgIpc) is 2.38. The lowest BCUT2D eigenvalue weighted by Crippen LogP contribution is -2.19. The summed E-state index contributed by atoms with van der Waals surface area (Å²) in [7, 11) is 0. The quantitative estimate of drug-likeness (QED) is 0.660. The molecule has 0 aliphatic heterocycles. The van der Waals surface area contributed by atoms with Crippen molar-refractivity contribution in [2.75, 3.05) is 10.6 Å². The van der Waals surface area contributed by atoms with E-state index in [0.717, 1.165) is 16.9 Å². The number of carbonyl (C=O) groups is 1. The van der Waals surface area contributed by atoms with Crippen molar-refractivity contribution in [3.8, 4) is 0 Å². The van der Waals surface area contributed by atoms with Gasteiger partial charge in [0.1, 0.15) is 0 Å². The molecule has 0 aromatic heterocycles. The fourth-order valence-corrected chi connectivity index (χ4v) is 2.07. The molecule has 0 saturated heterocycles. The first-order valence-corrected chi connectivity index (χ1v) is 6.71. The summed E-state index contributed by atoms with van der Waals surface area (Å²) in [4.78, 5) is 11.3. The van der Waals surface area contributed by atoms with Crippen LogP contribution in [0.3, 0.4) is 0 Å². The Balaban J connectivity index is 2.04. The summed E-state index contributed by atoms with van der Waals surface area (Å²) < 4.78 is 0. The van der Waals surface area contributed by atoms with Gasteiger partial charge >= 0.3 is 0 Å². The monoisotopic (exact) mass is 284 g/mol. The molecule has 0 amide bonds. The van der Waals surface area contributed by atoms with Gasteiger partial charge in [-0.05, 0) is 55.9 Å². The molecule has 0 aliphatic carbocycles. The van der Waals surface area contributed by atoms with Gasteiger partial charge < -0.3 is 10.6 Å². The number of hydrogen-bond acceptors (Lipinski definition) is 2. The number of Topliss-reactive ketones (excluding diaryl/α,β-unsaturated/α-hetero) is 1. The molecule has 0 radical (unpaired) electrons. The van der Waals surface area contributed by atoms with Crippen molar-refractivity contribution in [3.63, 3.8) is 0 Å². The zero-order valence-electron chi connectivity index (χ0n) is 11.4. The maximum atomic E-state index is 11.3. The second kappa shape index (κ2) is 6.30. The van der Waals surface area contributed by atoms with E-state index in [-0.39, 0.29) is 5.78 Å². The highest BCUT2D eigenvalue weighted by molar-refractivity contribution is 7.80. The van der Waals surface area contributed by atoms with Crippen molar-refractivity contribution < 1.29 is 4.79 Å². The first-order chi connectivity index (χ1) is 9.54. The molecular weight excluding hydrogens is 268 g/mol. The molecule has 2 aromatic rings. The number of carbonyl (C=O) groups excluding carboxylic acids is 1. The van der Waals surface area contributed by atoms with Crippen LogP contribution in [-0.4, -0.2) is 10.9 Å². The summed E-state index contributed by atoms with van der Waals surface area (Å²) in [5, 5.41) is 6.69. The highest BCUT2D eigenvalue weighted by atomic mass is 32.1. The fraction of sp³-hybridized carbons (Fsp3) is 0.125. The molecule has 4 heteroatoms. The lowest BCUT2D eigenvalue weighted by Gasteiger charge is -2.11. The predicted octanol–water partition coefficient (Wildman–Crippen LogP) is 4.01. The third-order valence-electron chi connectivity index (χ3n) is 2.80. The maximum absolute atomic E-state index is 11.3. The lowest BCUT2D eigenvalue weighted by molar-refractivity contribution is 0.101. The Bertz CT molecular complexity index is 652. The van der Waals surface area contributed by atoms with Gasteiger partial charge in [0.15, 0.2) is 10.9 Å². The standard InChI is InChI=1S/C16H16N2OS/c1-11-5-3-7-14(9-11)17-16(20)18-15-8-4-6-13(10-15)12(2)19/h3-10H,1-2H3,(H2,17,18,20). The van der Waals surface area contributed by atoms with Crippen molar-refractivity contribution in [2.45, 2.75) is 13.8 Å². The third kappa shape index (κ3) is 3.90. The van der Waals surface area contributed by atoms with E-state index in [1.54, 1.807) is 19.1 Å². The van der Waals surface area contributed by atoms with E-state index in [2.05, 4.69) is 10.6 Å². The van der Waals surface area contributed by atoms with Gasteiger partial charge in [0, 0.05) is 16.9 Å². The molecule has 0 fully saturated rings. The summed E-state index contributed by atoms with van der Waals surface area (Å²) in [5.41, 5.74) is 3.55. The van der Waals surface area contributed by atoms with Crippen LogP contribution in [0.5, 0.6) is 0 Å². The predicted molar refractivity (Wildman–Crippen MR) is 87.5 cm³/mol. The average molecular weight is 284 g/mol. The number of thiocarbonyl (C=S) groups is 1. The van der Waals surface area contributed by atoms with Crippen molar-refractivity contribution in [3.05, 3.63) is 59.7 Å². The molecule has 102 valence electrons. The zero-order valence-corrected chi connectivity index (χ0v) is 12.3. The van der Waals surface area contributed by atoms with E-state index < -0.39 is 0 Å². The first-order valence-electron chi connectivity index (χ1n) is 6.30. The fourth-order valence-electron chi connectivity index (χ4n) is 1.83. The van der Waals surface area contributed by atoms with Gasteiger partial charge in [0.05, 0.1) is 0 Å². The van der Waals surface area contributed by atoms with E-state index in [0.29, 0.717) is 10.7 Å². The highest BCUT2D eigenvalue weighted by Crippen LogP contribution is 2.13. The van der Waals surface area contributed by atoms with Crippen LogP contribution in [-0.2, 0) is 0 Å². The lowest BCUT2D eigenvalue weighted by atomic mass is 10.1. The molecule has 0 bridgehead atoms. The van der Waals surface area contributed by atoms with Crippen molar-refractivity contribution in [2.24, 2.45) is 0 Å². The molecule has 2 N–H and O–H groups in total. The number of nitrogens with one attached hydrogen (secondary N) is 2. The van der Waals surface area contributed by atoms with Crippen molar-refractivity contribution >= 4 is 34.5 Å². The molecule has 0 spiro atoms. The molecule has 0 heterocycles. The number of ketones is 1. The summed E-state index contributed by atoms with van der Waals surface area (Å²) >= 11 is 5.26. The van der Waals surface area contributed by atoms with E-state index in [4.69, 9.17) is 12.2 Å². The maximum Gasteiger partial charge on any atom is 0.175 e. The van der Waals surface area contributed by atoms with Gasteiger partial charge in [-0.2, -0.15) is 0 Å².